The van der Waals surface area contributed by atoms with Crippen LogP contribution in [0.25, 0.3) is 10.9 Å². The Morgan fingerprint density at radius 1 is 1.13 bits per heavy atom. The van der Waals surface area contributed by atoms with Gasteiger partial charge in [0.2, 0.25) is 6.41 Å². The van der Waals surface area contributed by atoms with Gasteiger partial charge in [0.05, 0.1) is 5.52 Å². The Morgan fingerprint density at radius 3 is 2.17 bits per heavy atom. The van der Waals surface area contributed by atoms with Crippen molar-refractivity contribution in [2.75, 3.05) is 7.05 Å². The topological polar surface area (TPSA) is 42.0 Å². The SMILES string of the molecule is CC.CC.CCCc1ccc2c(C)ccc(Br)c2n1.CNC=O. The maximum Gasteiger partial charge on any atom is 0.206 e. The molecule has 1 heterocycles. The van der Waals surface area contributed by atoms with Crippen LogP contribution in [0.5, 0.6) is 0 Å². The molecule has 1 amide bonds. The number of amides is 1. The first-order valence-electron chi connectivity index (χ1n) is 8.29. The molecule has 4 heteroatoms. The van der Waals surface area contributed by atoms with E-state index >= 15 is 0 Å². The smallest absolute Gasteiger partial charge is 0.206 e. The van der Waals surface area contributed by atoms with E-state index in [2.05, 4.69) is 64.3 Å². The molecule has 1 N–H and O–H groups in total. The molecule has 130 valence electrons. The summed E-state index contributed by atoms with van der Waals surface area (Å²) in [6.45, 7) is 12.3. The van der Waals surface area contributed by atoms with Gasteiger partial charge in [0.15, 0.2) is 0 Å². The Labute approximate surface area is 150 Å². The highest BCUT2D eigenvalue weighted by Crippen LogP contribution is 2.25. The van der Waals surface area contributed by atoms with E-state index in [0.717, 1.165) is 22.8 Å². The van der Waals surface area contributed by atoms with E-state index in [-0.39, 0.29) is 0 Å². The fraction of sp³-hybridized carbons (Fsp3) is 0.474. The number of halogens is 1. The van der Waals surface area contributed by atoms with Crippen molar-refractivity contribution in [3.8, 4) is 0 Å². The maximum atomic E-state index is 9.06. The Balaban J connectivity index is 0. The van der Waals surface area contributed by atoms with Gasteiger partial charge < -0.3 is 5.32 Å². The van der Waals surface area contributed by atoms with E-state index in [4.69, 9.17) is 4.79 Å². The standard InChI is InChI=1S/C13H14BrN.C2H5NO.2C2H6/c1-3-4-10-6-7-11-9(2)5-8-12(14)13(11)15-10;1-3-2-4;2*1-2/h5-8H,3-4H2,1-2H3;2H,1H3,(H,3,4);2*1-2H3. The van der Waals surface area contributed by atoms with Crippen LogP contribution in [0, 0.1) is 6.92 Å². The molecule has 0 aliphatic carbocycles. The van der Waals surface area contributed by atoms with Crippen molar-refractivity contribution < 1.29 is 4.79 Å². The molecule has 0 atom stereocenters. The second-order valence-corrected chi connectivity index (χ2v) is 5.07. The molecule has 0 bridgehead atoms. The average Bonchev–Trinajstić information content (AvgIpc) is 2.62. The minimum Gasteiger partial charge on any atom is -0.362 e. The Hall–Kier alpha value is -1.42. The number of aryl methyl sites for hydroxylation is 2. The lowest BCUT2D eigenvalue weighted by atomic mass is 10.1. The van der Waals surface area contributed by atoms with E-state index < -0.39 is 0 Å². The summed E-state index contributed by atoms with van der Waals surface area (Å²) in [6, 6.07) is 8.49. The summed E-state index contributed by atoms with van der Waals surface area (Å²) in [7, 11) is 1.56. The number of nitrogens with zero attached hydrogens (tertiary/aromatic N) is 1. The summed E-state index contributed by atoms with van der Waals surface area (Å²) in [6.07, 6.45) is 2.82. The van der Waals surface area contributed by atoms with Crippen LogP contribution in [0.4, 0.5) is 0 Å². The third-order valence-corrected chi connectivity index (χ3v) is 3.35. The predicted molar refractivity (Wildman–Crippen MR) is 106 cm³/mol. The Kier molecular flexibility index (Phi) is 16.0. The number of hydrogen-bond acceptors (Lipinski definition) is 2. The molecule has 2 rings (SSSR count). The molecule has 1 aromatic carbocycles. The number of hydrogen-bond donors (Lipinski definition) is 1. The summed E-state index contributed by atoms with van der Waals surface area (Å²) in [4.78, 5) is 13.7. The van der Waals surface area contributed by atoms with Crippen LogP contribution in [0.2, 0.25) is 0 Å². The fourth-order valence-corrected chi connectivity index (χ4v) is 2.20. The predicted octanol–water partition coefficient (Wildman–Crippen LogP) is 5.67. The van der Waals surface area contributed by atoms with Crippen molar-refractivity contribution in [1.29, 1.82) is 0 Å². The number of fused-ring (bicyclic) bond motifs is 1. The van der Waals surface area contributed by atoms with Gasteiger partial charge in [0.25, 0.3) is 0 Å². The molecule has 0 saturated heterocycles. The van der Waals surface area contributed by atoms with E-state index in [1.807, 2.05) is 27.7 Å². The van der Waals surface area contributed by atoms with Crippen LogP contribution in [0.15, 0.2) is 28.7 Å². The monoisotopic (exact) mass is 382 g/mol. The lowest BCUT2D eigenvalue weighted by Crippen LogP contribution is -1.98. The van der Waals surface area contributed by atoms with Crippen LogP contribution in [-0.4, -0.2) is 18.4 Å². The van der Waals surface area contributed by atoms with E-state index in [9.17, 15) is 0 Å². The third-order valence-electron chi connectivity index (χ3n) is 2.71. The van der Waals surface area contributed by atoms with Crippen LogP contribution in [0.3, 0.4) is 0 Å². The van der Waals surface area contributed by atoms with Crippen molar-refractivity contribution in [1.82, 2.24) is 10.3 Å². The van der Waals surface area contributed by atoms with E-state index in [1.54, 1.807) is 7.05 Å². The van der Waals surface area contributed by atoms with Gasteiger partial charge in [-0.2, -0.15) is 0 Å². The second-order valence-electron chi connectivity index (χ2n) is 4.22. The van der Waals surface area contributed by atoms with Crippen LogP contribution < -0.4 is 5.32 Å². The van der Waals surface area contributed by atoms with Crippen molar-refractivity contribution in [3.05, 3.63) is 40.0 Å². The maximum absolute atomic E-state index is 9.06. The Morgan fingerprint density at radius 2 is 1.70 bits per heavy atom. The van der Waals surface area contributed by atoms with Crippen molar-refractivity contribution in [3.63, 3.8) is 0 Å². The number of rotatable bonds is 3. The molecular formula is C19H31BrN2O. The third kappa shape index (κ3) is 8.70. The van der Waals surface area contributed by atoms with Crippen molar-refractivity contribution in [2.24, 2.45) is 0 Å². The lowest BCUT2D eigenvalue weighted by molar-refractivity contribution is -0.109. The minimum absolute atomic E-state index is 0.625. The minimum atomic E-state index is 0.625. The summed E-state index contributed by atoms with van der Waals surface area (Å²) >= 11 is 3.55. The first-order chi connectivity index (χ1) is 11.1. The number of carbonyl (C=O) groups excluding carboxylic acids is 1. The molecular weight excluding hydrogens is 352 g/mol. The number of nitrogens with one attached hydrogen (secondary N) is 1. The van der Waals surface area contributed by atoms with Gasteiger partial charge in [-0.05, 0) is 47.0 Å². The van der Waals surface area contributed by atoms with Gasteiger partial charge >= 0.3 is 0 Å². The molecule has 2 aromatic rings. The molecule has 0 aliphatic heterocycles. The van der Waals surface area contributed by atoms with Crippen LogP contribution >= 0.6 is 15.9 Å². The Bertz CT molecular complexity index is 556. The lowest BCUT2D eigenvalue weighted by Gasteiger charge is -2.05. The summed E-state index contributed by atoms with van der Waals surface area (Å²) in [5.41, 5.74) is 3.54. The molecule has 0 unspecified atom stereocenters. The highest BCUT2D eigenvalue weighted by atomic mass is 79.9. The zero-order valence-electron chi connectivity index (χ0n) is 15.5. The normalized spacial score (nSPS) is 8.52. The molecule has 23 heavy (non-hydrogen) atoms. The van der Waals surface area contributed by atoms with Gasteiger partial charge in [-0.3, -0.25) is 9.78 Å². The number of aromatic nitrogens is 1. The fourth-order valence-electron chi connectivity index (χ4n) is 1.76. The summed E-state index contributed by atoms with van der Waals surface area (Å²) in [5.74, 6) is 0. The van der Waals surface area contributed by atoms with Gasteiger partial charge in [0, 0.05) is 22.6 Å². The van der Waals surface area contributed by atoms with Crippen molar-refractivity contribution >= 4 is 33.2 Å². The van der Waals surface area contributed by atoms with Gasteiger partial charge in [-0.1, -0.05) is 53.2 Å². The largest absolute Gasteiger partial charge is 0.362 e. The van der Waals surface area contributed by atoms with Crippen LogP contribution in [-0.2, 0) is 11.2 Å². The van der Waals surface area contributed by atoms with Gasteiger partial charge in [0.1, 0.15) is 0 Å². The quantitative estimate of drug-likeness (QED) is 0.694. The number of pyridine rings is 1. The van der Waals surface area contributed by atoms with Gasteiger partial charge in [-0.15, -0.1) is 0 Å². The zero-order chi connectivity index (χ0) is 18.3. The molecule has 0 spiro atoms. The van der Waals surface area contributed by atoms with E-state index in [0.29, 0.717) is 6.41 Å². The number of carbonyl (C=O) groups is 1. The van der Waals surface area contributed by atoms with E-state index in [1.165, 1.54) is 16.6 Å². The molecule has 3 nitrogen and oxygen atoms in total. The van der Waals surface area contributed by atoms with Crippen LogP contribution in [0.1, 0.15) is 52.3 Å². The molecule has 1 aromatic heterocycles. The molecule has 0 radical (unpaired) electrons. The summed E-state index contributed by atoms with van der Waals surface area (Å²) in [5, 5.41) is 3.49. The highest BCUT2D eigenvalue weighted by molar-refractivity contribution is 9.10. The van der Waals surface area contributed by atoms with Crippen molar-refractivity contribution in [2.45, 2.75) is 54.4 Å². The first-order valence-corrected chi connectivity index (χ1v) is 9.09. The average molecular weight is 383 g/mol. The molecule has 0 aliphatic rings. The zero-order valence-corrected chi connectivity index (χ0v) is 17.1. The molecule has 0 fully saturated rings. The number of benzene rings is 1. The molecule has 0 saturated carbocycles. The summed E-state index contributed by atoms with van der Waals surface area (Å²) < 4.78 is 1.08. The highest BCUT2D eigenvalue weighted by Gasteiger charge is 2.03. The first kappa shape index (κ1) is 23.8. The second kappa shape index (κ2) is 15.5. The van der Waals surface area contributed by atoms with Gasteiger partial charge in [-0.25, -0.2) is 0 Å².